The largest absolute Gasteiger partial charge is 0.299 e. The van der Waals surface area contributed by atoms with E-state index in [2.05, 4.69) is 13.8 Å². The molecule has 0 unspecified atom stereocenters. The lowest BCUT2D eigenvalue weighted by Crippen LogP contribution is -2.25. The van der Waals surface area contributed by atoms with E-state index in [0.29, 0.717) is 6.29 Å². The van der Waals surface area contributed by atoms with Crippen molar-refractivity contribution in [2.45, 2.75) is 40.0 Å². The van der Waals surface area contributed by atoms with Crippen LogP contribution in [0.15, 0.2) is 23.3 Å². The molecule has 0 radical (unpaired) electrons. The van der Waals surface area contributed by atoms with Crippen LogP contribution < -0.4 is 0 Å². The highest BCUT2D eigenvalue weighted by Gasteiger charge is 2.31. The minimum absolute atomic E-state index is 0.00991. The summed E-state index contributed by atoms with van der Waals surface area (Å²) in [6.07, 6.45) is 6.47. The molecule has 0 atom stereocenters. The zero-order valence-corrected chi connectivity index (χ0v) is 9.67. The Hall–Kier alpha value is -1.18. The second-order valence-electron chi connectivity index (χ2n) is 4.75. The van der Waals surface area contributed by atoms with Crippen molar-refractivity contribution in [1.29, 1.82) is 0 Å². The SMILES string of the molecule is CC1=C(C(=O)/C=C/C=O)C(C)(C)CCC1. The zero-order valence-electron chi connectivity index (χ0n) is 9.67. The van der Waals surface area contributed by atoms with Gasteiger partial charge in [0.2, 0.25) is 0 Å². The maximum atomic E-state index is 11.9. The fourth-order valence-corrected chi connectivity index (χ4v) is 2.38. The van der Waals surface area contributed by atoms with E-state index >= 15 is 0 Å². The molecule has 1 rings (SSSR count). The van der Waals surface area contributed by atoms with Gasteiger partial charge in [0.1, 0.15) is 6.29 Å². The molecule has 82 valence electrons. The van der Waals surface area contributed by atoms with Crippen LogP contribution in [0.3, 0.4) is 0 Å². The number of allylic oxidation sites excluding steroid dienone is 4. The number of rotatable bonds is 3. The monoisotopic (exact) mass is 206 g/mol. The fourth-order valence-electron chi connectivity index (χ4n) is 2.38. The van der Waals surface area contributed by atoms with Crippen molar-refractivity contribution in [2.75, 3.05) is 0 Å². The van der Waals surface area contributed by atoms with Gasteiger partial charge in [-0.3, -0.25) is 9.59 Å². The lowest BCUT2D eigenvalue weighted by atomic mass is 9.71. The summed E-state index contributed by atoms with van der Waals surface area (Å²) in [6.45, 7) is 6.21. The normalized spacial score (nSPS) is 20.7. The average molecular weight is 206 g/mol. The molecule has 2 nitrogen and oxygen atoms in total. The smallest absolute Gasteiger partial charge is 0.182 e. The third-order valence-electron chi connectivity index (χ3n) is 3.03. The molecule has 0 aromatic carbocycles. The Balaban J connectivity index is 3.03. The molecule has 15 heavy (non-hydrogen) atoms. The van der Waals surface area contributed by atoms with Crippen LogP contribution in [0.25, 0.3) is 0 Å². The van der Waals surface area contributed by atoms with Crippen molar-refractivity contribution in [3.63, 3.8) is 0 Å². The maximum absolute atomic E-state index is 11.9. The van der Waals surface area contributed by atoms with E-state index in [0.717, 1.165) is 24.8 Å². The highest BCUT2D eigenvalue weighted by molar-refractivity contribution is 6.06. The van der Waals surface area contributed by atoms with E-state index < -0.39 is 0 Å². The van der Waals surface area contributed by atoms with Gasteiger partial charge in [0.05, 0.1) is 0 Å². The third-order valence-corrected chi connectivity index (χ3v) is 3.03. The van der Waals surface area contributed by atoms with Crippen LogP contribution in [0.2, 0.25) is 0 Å². The fraction of sp³-hybridized carbons (Fsp3) is 0.538. The number of carbonyl (C=O) groups is 2. The average Bonchev–Trinajstić information content (AvgIpc) is 2.13. The molecule has 0 bridgehead atoms. The lowest BCUT2D eigenvalue weighted by Gasteiger charge is -2.32. The summed E-state index contributed by atoms with van der Waals surface area (Å²) in [5.74, 6) is -0.00991. The van der Waals surface area contributed by atoms with E-state index in [9.17, 15) is 9.59 Å². The summed E-state index contributed by atoms with van der Waals surface area (Å²) in [5, 5.41) is 0. The first kappa shape index (κ1) is 11.9. The number of carbonyl (C=O) groups excluding carboxylic acids is 2. The van der Waals surface area contributed by atoms with Crippen LogP contribution >= 0.6 is 0 Å². The van der Waals surface area contributed by atoms with Gasteiger partial charge in [0.15, 0.2) is 5.78 Å². The van der Waals surface area contributed by atoms with Gasteiger partial charge >= 0.3 is 0 Å². The second kappa shape index (κ2) is 4.56. The Labute approximate surface area is 91.1 Å². The molecule has 0 heterocycles. The van der Waals surface area contributed by atoms with Gasteiger partial charge in [-0.1, -0.05) is 19.4 Å². The molecule has 0 aromatic heterocycles. The van der Waals surface area contributed by atoms with Crippen LogP contribution in [0.4, 0.5) is 0 Å². The molecule has 0 saturated heterocycles. The van der Waals surface area contributed by atoms with Crippen molar-refractivity contribution < 1.29 is 9.59 Å². The molecule has 2 heteroatoms. The minimum atomic E-state index is -0.0490. The van der Waals surface area contributed by atoms with E-state index in [4.69, 9.17) is 0 Å². The zero-order chi connectivity index (χ0) is 11.5. The molecule has 1 aliphatic carbocycles. The Kier molecular flexibility index (Phi) is 3.61. The van der Waals surface area contributed by atoms with Crippen LogP contribution in [-0.4, -0.2) is 12.1 Å². The molecule has 0 aromatic rings. The van der Waals surface area contributed by atoms with Gasteiger partial charge in [0, 0.05) is 5.57 Å². The van der Waals surface area contributed by atoms with Crippen molar-refractivity contribution >= 4 is 12.1 Å². The molecule has 0 amide bonds. The number of ketones is 1. The number of hydrogen-bond donors (Lipinski definition) is 0. The van der Waals surface area contributed by atoms with Crippen LogP contribution in [0.5, 0.6) is 0 Å². The van der Waals surface area contributed by atoms with Crippen molar-refractivity contribution in [2.24, 2.45) is 5.41 Å². The molecule has 0 spiro atoms. The summed E-state index contributed by atoms with van der Waals surface area (Å²) in [5.41, 5.74) is 2.02. The summed E-state index contributed by atoms with van der Waals surface area (Å²) in [6, 6.07) is 0. The predicted molar refractivity (Wildman–Crippen MR) is 60.5 cm³/mol. The first-order chi connectivity index (χ1) is 6.99. The topological polar surface area (TPSA) is 34.1 Å². The number of hydrogen-bond acceptors (Lipinski definition) is 2. The highest BCUT2D eigenvalue weighted by atomic mass is 16.1. The first-order valence-electron chi connectivity index (χ1n) is 5.35. The Bertz CT molecular complexity index is 332. The van der Waals surface area contributed by atoms with E-state index in [-0.39, 0.29) is 11.2 Å². The molecule has 0 aliphatic heterocycles. The summed E-state index contributed by atoms with van der Waals surface area (Å²) in [4.78, 5) is 22.1. The maximum Gasteiger partial charge on any atom is 0.182 e. The van der Waals surface area contributed by atoms with Crippen LogP contribution in [-0.2, 0) is 9.59 Å². The van der Waals surface area contributed by atoms with E-state index in [1.54, 1.807) is 0 Å². The third kappa shape index (κ3) is 2.65. The number of aldehydes is 1. The lowest BCUT2D eigenvalue weighted by molar-refractivity contribution is -0.113. The van der Waals surface area contributed by atoms with E-state index in [1.165, 1.54) is 17.7 Å². The quantitative estimate of drug-likeness (QED) is 0.525. The van der Waals surface area contributed by atoms with Crippen LogP contribution in [0.1, 0.15) is 40.0 Å². The van der Waals surface area contributed by atoms with Gasteiger partial charge in [-0.25, -0.2) is 0 Å². The van der Waals surface area contributed by atoms with Gasteiger partial charge < -0.3 is 0 Å². The van der Waals surface area contributed by atoms with Gasteiger partial charge in [0.25, 0.3) is 0 Å². The van der Waals surface area contributed by atoms with Gasteiger partial charge in [-0.15, -0.1) is 0 Å². The van der Waals surface area contributed by atoms with Gasteiger partial charge in [-0.05, 0) is 43.8 Å². The Morgan fingerprint density at radius 2 is 2.07 bits per heavy atom. The molecule has 0 saturated carbocycles. The highest BCUT2D eigenvalue weighted by Crippen LogP contribution is 2.40. The summed E-state index contributed by atoms with van der Waals surface area (Å²) < 4.78 is 0. The molecule has 1 aliphatic rings. The van der Waals surface area contributed by atoms with E-state index in [1.807, 2.05) is 6.92 Å². The second-order valence-corrected chi connectivity index (χ2v) is 4.75. The molecular weight excluding hydrogens is 188 g/mol. The van der Waals surface area contributed by atoms with Crippen molar-refractivity contribution in [1.82, 2.24) is 0 Å². The molecule has 0 N–H and O–H groups in total. The molecular formula is C13H18O2. The summed E-state index contributed by atoms with van der Waals surface area (Å²) >= 11 is 0. The van der Waals surface area contributed by atoms with Crippen molar-refractivity contribution in [3.05, 3.63) is 23.3 Å². The van der Waals surface area contributed by atoms with Crippen molar-refractivity contribution in [3.8, 4) is 0 Å². The first-order valence-corrected chi connectivity index (χ1v) is 5.35. The van der Waals surface area contributed by atoms with Crippen LogP contribution in [0, 0.1) is 5.41 Å². The Morgan fingerprint density at radius 1 is 1.40 bits per heavy atom. The minimum Gasteiger partial charge on any atom is -0.299 e. The summed E-state index contributed by atoms with van der Waals surface area (Å²) in [7, 11) is 0. The van der Waals surface area contributed by atoms with Gasteiger partial charge in [-0.2, -0.15) is 0 Å². The Morgan fingerprint density at radius 3 is 2.60 bits per heavy atom. The molecule has 0 fully saturated rings. The standard InChI is InChI=1S/C13H18O2/c1-10-6-4-8-13(2,3)12(10)11(15)7-5-9-14/h5,7,9H,4,6,8H2,1-3H3/b7-5+. The predicted octanol–water partition coefficient (Wildman–Crippen LogP) is 2.84.